The van der Waals surface area contributed by atoms with Gasteiger partial charge in [0, 0.05) is 22.6 Å². The van der Waals surface area contributed by atoms with Gasteiger partial charge in [0.15, 0.2) is 5.78 Å². The Bertz CT molecular complexity index is 843. The number of piperidine rings is 1. The average molecular weight is 383 g/mol. The molecule has 0 bridgehead atoms. The lowest BCUT2D eigenvalue weighted by molar-refractivity contribution is -0.149. The Labute approximate surface area is 167 Å². The summed E-state index contributed by atoms with van der Waals surface area (Å²) in [6, 6.07) is 10.3. The maximum absolute atomic E-state index is 13.0. The van der Waals surface area contributed by atoms with Gasteiger partial charge in [-0.05, 0) is 71.8 Å². The highest BCUT2D eigenvalue weighted by molar-refractivity contribution is 5.99. The summed E-state index contributed by atoms with van der Waals surface area (Å²) >= 11 is 0. The molecule has 2 heterocycles. The Morgan fingerprint density at radius 2 is 1.71 bits per heavy atom. The first-order valence-corrected chi connectivity index (χ1v) is 10.1. The lowest BCUT2D eigenvalue weighted by Gasteiger charge is -2.30. The third-order valence-electron chi connectivity index (χ3n) is 5.60. The topological polar surface area (TPSA) is 51.5 Å². The van der Waals surface area contributed by atoms with Crippen molar-refractivity contribution in [2.75, 3.05) is 26.2 Å². The van der Waals surface area contributed by atoms with Crippen LogP contribution in [0.5, 0.6) is 0 Å². The molecule has 0 atom stereocenters. The second kappa shape index (κ2) is 8.74. The van der Waals surface area contributed by atoms with Crippen LogP contribution in [0.1, 0.15) is 47.1 Å². The van der Waals surface area contributed by atoms with E-state index in [1.165, 1.54) is 5.56 Å². The van der Waals surface area contributed by atoms with Gasteiger partial charge >= 0.3 is 5.97 Å². The van der Waals surface area contributed by atoms with Crippen LogP contribution in [0.4, 0.5) is 0 Å². The first kappa shape index (κ1) is 20.3. The van der Waals surface area contributed by atoms with Crippen LogP contribution >= 0.6 is 0 Å². The van der Waals surface area contributed by atoms with Crippen LogP contribution in [0.25, 0.3) is 5.69 Å². The van der Waals surface area contributed by atoms with Crippen molar-refractivity contribution >= 4 is 11.8 Å². The van der Waals surface area contributed by atoms with E-state index in [9.17, 15) is 9.59 Å². The van der Waals surface area contributed by atoms with Gasteiger partial charge < -0.3 is 9.30 Å². The van der Waals surface area contributed by atoms with Crippen molar-refractivity contribution in [2.24, 2.45) is 5.92 Å². The largest absolute Gasteiger partial charge is 0.466 e. The van der Waals surface area contributed by atoms with Crippen LogP contribution in [0.2, 0.25) is 0 Å². The molecule has 3 rings (SSSR count). The van der Waals surface area contributed by atoms with Crippen LogP contribution in [-0.4, -0.2) is 47.5 Å². The number of carbonyl (C=O) groups excluding carboxylic acids is 2. The number of ether oxygens (including phenoxy) is 1. The molecule has 1 saturated heterocycles. The molecule has 5 heteroatoms. The molecule has 1 aliphatic rings. The normalized spacial score (nSPS) is 15.6. The van der Waals surface area contributed by atoms with Crippen molar-refractivity contribution in [3.8, 4) is 5.69 Å². The molecule has 1 fully saturated rings. The van der Waals surface area contributed by atoms with E-state index < -0.39 is 0 Å². The predicted molar refractivity (Wildman–Crippen MR) is 110 cm³/mol. The summed E-state index contributed by atoms with van der Waals surface area (Å²) in [6.07, 6.45) is 1.52. The molecule has 0 saturated carbocycles. The number of benzene rings is 1. The van der Waals surface area contributed by atoms with E-state index >= 15 is 0 Å². The fourth-order valence-corrected chi connectivity index (χ4v) is 4.01. The molecule has 1 aromatic heterocycles. The molecule has 0 amide bonds. The standard InChI is InChI=1S/C23H30N2O3/c1-5-28-23(27)19-10-12-24(13-11-19)15-22(26)21-14-17(3)25(18(21)4)20-8-6-16(2)7-9-20/h6-9,14,19H,5,10-13,15H2,1-4H3. The molecule has 5 nitrogen and oxygen atoms in total. The monoisotopic (exact) mass is 382 g/mol. The van der Waals surface area contributed by atoms with Gasteiger partial charge in [0.1, 0.15) is 0 Å². The van der Waals surface area contributed by atoms with E-state index in [0.29, 0.717) is 13.2 Å². The fraction of sp³-hybridized carbons (Fsp3) is 0.478. The number of hydrogen-bond donors (Lipinski definition) is 0. The number of Topliss-reactive ketones (excluding diaryl/α,β-unsaturated/α-hetero) is 1. The molecular weight excluding hydrogens is 352 g/mol. The van der Waals surface area contributed by atoms with E-state index in [1.54, 1.807) is 0 Å². The molecule has 150 valence electrons. The highest BCUT2D eigenvalue weighted by atomic mass is 16.5. The molecule has 0 radical (unpaired) electrons. The molecule has 1 aromatic carbocycles. The Hall–Kier alpha value is -2.40. The minimum absolute atomic E-state index is 0.0297. The molecule has 0 N–H and O–H groups in total. The van der Waals surface area contributed by atoms with Crippen molar-refractivity contribution in [3.05, 3.63) is 52.8 Å². The van der Waals surface area contributed by atoms with E-state index in [-0.39, 0.29) is 17.7 Å². The van der Waals surface area contributed by atoms with Crippen molar-refractivity contribution in [1.82, 2.24) is 9.47 Å². The van der Waals surface area contributed by atoms with Gasteiger partial charge in [0.05, 0.1) is 19.1 Å². The molecular formula is C23H30N2O3. The average Bonchev–Trinajstić information content (AvgIpc) is 2.98. The molecule has 0 unspecified atom stereocenters. The summed E-state index contributed by atoms with van der Waals surface area (Å²) in [4.78, 5) is 27.0. The minimum Gasteiger partial charge on any atom is -0.466 e. The molecule has 2 aromatic rings. The highest BCUT2D eigenvalue weighted by Crippen LogP contribution is 2.23. The lowest BCUT2D eigenvalue weighted by atomic mass is 9.96. The summed E-state index contributed by atoms with van der Waals surface area (Å²) in [7, 11) is 0. The second-order valence-electron chi connectivity index (χ2n) is 7.68. The van der Waals surface area contributed by atoms with Gasteiger partial charge in [-0.3, -0.25) is 14.5 Å². The molecule has 1 aliphatic heterocycles. The number of carbonyl (C=O) groups is 2. The lowest BCUT2D eigenvalue weighted by Crippen LogP contribution is -2.39. The smallest absolute Gasteiger partial charge is 0.309 e. The van der Waals surface area contributed by atoms with Crippen LogP contribution in [0, 0.1) is 26.7 Å². The molecule has 28 heavy (non-hydrogen) atoms. The van der Waals surface area contributed by atoms with Crippen molar-refractivity contribution < 1.29 is 14.3 Å². The zero-order valence-corrected chi connectivity index (χ0v) is 17.3. The maximum atomic E-state index is 13.0. The predicted octanol–water partition coefficient (Wildman–Crippen LogP) is 3.86. The third kappa shape index (κ3) is 4.36. The second-order valence-corrected chi connectivity index (χ2v) is 7.68. The number of ketones is 1. The van der Waals surface area contributed by atoms with Crippen molar-refractivity contribution in [2.45, 2.75) is 40.5 Å². The number of likely N-dealkylation sites (tertiary alicyclic amines) is 1. The first-order valence-electron chi connectivity index (χ1n) is 10.1. The zero-order valence-electron chi connectivity index (χ0n) is 17.3. The summed E-state index contributed by atoms with van der Waals surface area (Å²) in [6.45, 7) is 10.3. The van der Waals surface area contributed by atoms with Crippen molar-refractivity contribution in [3.63, 3.8) is 0 Å². The molecule has 0 spiro atoms. The van der Waals surface area contributed by atoms with Gasteiger partial charge in [-0.2, -0.15) is 0 Å². The zero-order chi connectivity index (χ0) is 20.3. The van der Waals surface area contributed by atoms with Gasteiger partial charge in [-0.25, -0.2) is 0 Å². The third-order valence-corrected chi connectivity index (χ3v) is 5.60. The molecule has 0 aliphatic carbocycles. The summed E-state index contributed by atoms with van der Waals surface area (Å²) in [5, 5.41) is 0. The van der Waals surface area contributed by atoms with E-state index in [0.717, 1.165) is 48.6 Å². The Morgan fingerprint density at radius 3 is 2.32 bits per heavy atom. The van der Waals surface area contributed by atoms with Gasteiger partial charge in [0.2, 0.25) is 0 Å². The quantitative estimate of drug-likeness (QED) is 0.562. The van der Waals surface area contributed by atoms with Crippen LogP contribution < -0.4 is 0 Å². The number of rotatable bonds is 6. The number of nitrogens with zero attached hydrogens (tertiary/aromatic N) is 2. The number of aromatic nitrogens is 1. The maximum Gasteiger partial charge on any atom is 0.309 e. The van der Waals surface area contributed by atoms with E-state index in [2.05, 4.69) is 40.7 Å². The Balaban J connectivity index is 1.67. The SMILES string of the molecule is CCOC(=O)C1CCN(CC(=O)c2cc(C)n(-c3ccc(C)cc3)c2C)CC1. The Morgan fingerprint density at radius 1 is 1.07 bits per heavy atom. The van der Waals surface area contributed by atoms with Crippen molar-refractivity contribution in [1.29, 1.82) is 0 Å². The minimum atomic E-state index is -0.102. The van der Waals surface area contributed by atoms with E-state index in [1.807, 2.05) is 26.8 Å². The summed E-state index contributed by atoms with van der Waals surface area (Å²) in [5.74, 6) is 0.00840. The Kier molecular flexibility index (Phi) is 6.35. The fourth-order valence-electron chi connectivity index (χ4n) is 4.01. The van der Waals surface area contributed by atoms with Crippen LogP contribution in [0.15, 0.2) is 30.3 Å². The summed E-state index contributed by atoms with van der Waals surface area (Å²) < 4.78 is 7.26. The van der Waals surface area contributed by atoms with Gasteiger partial charge in [0.25, 0.3) is 0 Å². The van der Waals surface area contributed by atoms with Gasteiger partial charge in [-0.1, -0.05) is 17.7 Å². The van der Waals surface area contributed by atoms with Gasteiger partial charge in [-0.15, -0.1) is 0 Å². The number of esters is 1. The van der Waals surface area contributed by atoms with Crippen LogP contribution in [0.3, 0.4) is 0 Å². The summed E-state index contributed by atoms with van der Waals surface area (Å²) in [5.41, 5.74) is 5.12. The first-order chi connectivity index (χ1) is 13.4. The number of hydrogen-bond acceptors (Lipinski definition) is 4. The van der Waals surface area contributed by atoms with E-state index in [4.69, 9.17) is 4.74 Å². The highest BCUT2D eigenvalue weighted by Gasteiger charge is 2.27. The van der Waals surface area contributed by atoms with Crippen LogP contribution in [-0.2, 0) is 9.53 Å². The number of aryl methyl sites for hydroxylation is 2.